The van der Waals surface area contributed by atoms with Crippen LogP contribution in [-0.4, -0.2) is 23.7 Å². The van der Waals surface area contributed by atoms with Crippen LogP contribution in [0.1, 0.15) is 23.1 Å². The van der Waals surface area contributed by atoms with Gasteiger partial charge < -0.3 is 15.2 Å². The summed E-state index contributed by atoms with van der Waals surface area (Å²) in [5, 5.41) is 11.2. The molecule has 27 heavy (non-hydrogen) atoms. The predicted octanol–water partition coefficient (Wildman–Crippen LogP) is 3.59. The Bertz CT molecular complexity index is 882. The highest BCUT2D eigenvalue weighted by molar-refractivity contribution is 5.85. The Morgan fingerprint density at radius 1 is 1.19 bits per heavy atom. The van der Waals surface area contributed by atoms with Gasteiger partial charge in [0.1, 0.15) is 12.4 Å². The quantitative estimate of drug-likeness (QED) is 0.465. The lowest BCUT2D eigenvalue weighted by molar-refractivity contribution is -0.131. The summed E-state index contributed by atoms with van der Waals surface area (Å²) in [6, 6.07) is 13.5. The van der Waals surface area contributed by atoms with E-state index in [1.807, 2.05) is 30.3 Å². The molecule has 0 saturated carbocycles. The van der Waals surface area contributed by atoms with E-state index in [1.54, 1.807) is 0 Å². The van der Waals surface area contributed by atoms with Gasteiger partial charge in [-0.15, -0.1) is 0 Å². The van der Waals surface area contributed by atoms with Crippen LogP contribution >= 0.6 is 0 Å². The van der Waals surface area contributed by atoms with Crippen molar-refractivity contribution in [2.45, 2.75) is 13.0 Å². The second kappa shape index (κ2) is 10.4. The molecule has 0 aliphatic rings. The largest absolute Gasteiger partial charge is 0.478 e. The van der Waals surface area contributed by atoms with Crippen LogP contribution in [0.2, 0.25) is 0 Å². The van der Waals surface area contributed by atoms with Gasteiger partial charge in [0.15, 0.2) is 0 Å². The van der Waals surface area contributed by atoms with Crippen molar-refractivity contribution >= 4 is 18.1 Å². The highest BCUT2D eigenvalue weighted by atomic mass is 19.1. The molecule has 0 unspecified atom stereocenters. The van der Waals surface area contributed by atoms with Crippen LogP contribution in [-0.2, 0) is 16.1 Å². The molecule has 2 rings (SSSR count). The summed E-state index contributed by atoms with van der Waals surface area (Å²) in [4.78, 5) is 22.1. The average Bonchev–Trinajstić information content (AvgIpc) is 2.67. The SMILES string of the molecule is O=C(O)/C=C/c1cc(C#CCCNC(=O)OCc2ccccc2)ccc1F. The maximum Gasteiger partial charge on any atom is 0.407 e. The Morgan fingerprint density at radius 3 is 2.70 bits per heavy atom. The number of aliphatic carboxylic acids is 1. The fourth-order valence-electron chi connectivity index (χ4n) is 2.08. The van der Waals surface area contributed by atoms with E-state index in [0.29, 0.717) is 18.5 Å². The van der Waals surface area contributed by atoms with Crippen LogP contribution in [0.25, 0.3) is 6.08 Å². The van der Waals surface area contributed by atoms with E-state index >= 15 is 0 Å². The summed E-state index contributed by atoms with van der Waals surface area (Å²) in [5.74, 6) is 4.02. The summed E-state index contributed by atoms with van der Waals surface area (Å²) in [6.07, 6.45) is 1.90. The number of ether oxygens (including phenoxy) is 1. The zero-order valence-corrected chi connectivity index (χ0v) is 14.4. The fourth-order valence-corrected chi connectivity index (χ4v) is 2.08. The molecule has 6 heteroatoms. The average molecular weight is 367 g/mol. The molecule has 2 aromatic rings. The van der Waals surface area contributed by atoms with E-state index in [1.165, 1.54) is 24.3 Å². The van der Waals surface area contributed by atoms with Gasteiger partial charge in [0.25, 0.3) is 0 Å². The first-order chi connectivity index (χ1) is 13.0. The monoisotopic (exact) mass is 367 g/mol. The summed E-state index contributed by atoms with van der Waals surface area (Å²) in [6.45, 7) is 0.508. The third-order valence-electron chi connectivity index (χ3n) is 3.37. The molecule has 2 aromatic carbocycles. The molecule has 0 aromatic heterocycles. The van der Waals surface area contributed by atoms with Crippen molar-refractivity contribution in [3.63, 3.8) is 0 Å². The lowest BCUT2D eigenvalue weighted by atomic mass is 10.1. The molecule has 5 nitrogen and oxygen atoms in total. The van der Waals surface area contributed by atoms with E-state index in [4.69, 9.17) is 9.84 Å². The van der Waals surface area contributed by atoms with Crippen molar-refractivity contribution in [2.75, 3.05) is 6.54 Å². The summed E-state index contributed by atoms with van der Waals surface area (Å²) in [7, 11) is 0. The molecule has 0 heterocycles. The topological polar surface area (TPSA) is 75.6 Å². The number of hydrogen-bond acceptors (Lipinski definition) is 3. The molecule has 1 amide bonds. The highest BCUT2D eigenvalue weighted by Gasteiger charge is 2.02. The Kier molecular flexibility index (Phi) is 7.61. The Hall–Kier alpha value is -3.59. The highest BCUT2D eigenvalue weighted by Crippen LogP contribution is 2.11. The van der Waals surface area contributed by atoms with E-state index in [-0.39, 0.29) is 12.2 Å². The van der Waals surface area contributed by atoms with Crippen LogP contribution in [0.3, 0.4) is 0 Å². The van der Waals surface area contributed by atoms with E-state index in [9.17, 15) is 14.0 Å². The summed E-state index contributed by atoms with van der Waals surface area (Å²) in [5.41, 5.74) is 1.59. The predicted molar refractivity (Wildman–Crippen MR) is 99.2 cm³/mol. The van der Waals surface area contributed by atoms with Crippen molar-refractivity contribution in [3.8, 4) is 11.8 Å². The van der Waals surface area contributed by atoms with Gasteiger partial charge in [0.05, 0.1) is 0 Å². The lowest BCUT2D eigenvalue weighted by Gasteiger charge is -2.05. The minimum Gasteiger partial charge on any atom is -0.478 e. The first-order valence-electron chi connectivity index (χ1n) is 8.18. The smallest absolute Gasteiger partial charge is 0.407 e. The molecule has 0 aliphatic heterocycles. The molecule has 2 N–H and O–H groups in total. The van der Waals surface area contributed by atoms with Crippen LogP contribution in [0.15, 0.2) is 54.6 Å². The van der Waals surface area contributed by atoms with Crippen molar-refractivity contribution in [1.82, 2.24) is 5.32 Å². The normalized spacial score (nSPS) is 10.1. The van der Waals surface area contributed by atoms with Crippen LogP contribution < -0.4 is 5.32 Å². The number of benzene rings is 2. The number of nitrogens with one attached hydrogen (secondary N) is 1. The molecule has 0 aliphatic carbocycles. The molecule has 0 saturated heterocycles. The molecule has 138 valence electrons. The molecule has 0 fully saturated rings. The number of carbonyl (C=O) groups excluding carboxylic acids is 1. The maximum absolute atomic E-state index is 13.6. The number of rotatable bonds is 6. The standard InChI is InChI=1S/C21H18FNO4/c22-19-11-9-16(14-18(19)10-12-20(24)25)6-4-5-13-23-21(26)27-15-17-7-2-1-3-8-17/h1-3,7-12,14H,5,13,15H2,(H,23,26)(H,24,25)/b12-10+. The third-order valence-corrected chi connectivity index (χ3v) is 3.37. The van der Waals surface area contributed by atoms with Crippen molar-refractivity contribution in [2.24, 2.45) is 0 Å². The van der Waals surface area contributed by atoms with Gasteiger partial charge in [-0.2, -0.15) is 0 Å². The zero-order valence-electron chi connectivity index (χ0n) is 14.4. The van der Waals surface area contributed by atoms with Crippen LogP contribution in [0, 0.1) is 17.7 Å². The van der Waals surface area contributed by atoms with Gasteiger partial charge in [-0.25, -0.2) is 14.0 Å². The Balaban J connectivity index is 1.77. The van der Waals surface area contributed by atoms with Crippen LogP contribution in [0.4, 0.5) is 9.18 Å². The first-order valence-corrected chi connectivity index (χ1v) is 8.18. The fraction of sp³-hybridized carbons (Fsp3) is 0.143. The van der Waals surface area contributed by atoms with E-state index in [0.717, 1.165) is 11.6 Å². The molecule has 0 radical (unpaired) electrons. The minimum atomic E-state index is -1.16. The minimum absolute atomic E-state index is 0.145. The van der Waals surface area contributed by atoms with Gasteiger partial charge in [0.2, 0.25) is 0 Å². The van der Waals surface area contributed by atoms with Gasteiger partial charge in [-0.3, -0.25) is 0 Å². The molecule has 0 atom stereocenters. The van der Waals surface area contributed by atoms with Gasteiger partial charge in [0, 0.05) is 30.2 Å². The van der Waals surface area contributed by atoms with E-state index < -0.39 is 17.9 Å². The Morgan fingerprint density at radius 2 is 1.96 bits per heavy atom. The number of hydrogen-bond donors (Lipinski definition) is 2. The number of carboxylic acids is 1. The third kappa shape index (κ3) is 7.45. The van der Waals surface area contributed by atoms with Gasteiger partial charge in [-0.1, -0.05) is 42.2 Å². The molecular weight excluding hydrogens is 349 g/mol. The lowest BCUT2D eigenvalue weighted by Crippen LogP contribution is -2.24. The zero-order chi connectivity index (χ0) is 19.5. The molecule has 0 spiro atoms. The molecular formula is C21H18FNO4. The summed E-state index contributed by atoms with van der Waals surface area (Å²) >= 11 is 0. The number of carbonyl (C=O) groups is 2. The second-order valence-electron chi connectivity index (χ2n) is 5.45. The molecule has 0 bridgehead atoms. The van der Waals surface area contributed by atoms with Gasteiger partial charge >= 0.3 is 12.1 Å². The number of amides is 1. The second-order valence-corrected chi connectivity index (χ2v) is 5.45. The summed E-state index contributed by atoms with van der Waals surface area (Å²) < 4.78 is 18.7. The maximum atomic E-state index is 13.6. The van der Waals surface area contributed by atoms with Crippen LogP contribution in [0.5, 0.6) is 0 Å². The van der Waals surface area contributed by atoms with E-state index in [2.05, 4.69) is 17.2 Å². The Labute approximate surface area is 156 Å². The number of carboxylic acid groups (broad SMARTS) is 1. The number of halogens is 1. The van der Waals surface area contributed by atoms with Crippen molar-refractivity contribution in [3.05, 3.63) is 77.1 Å². The first kappa shape index (κ1) is 19.7. The van der Waals surface area contributed by atoms with Crippen molar-refractivity contribution in [1.29, 1.82) is 0 Å². The van der Waals surface area contributed by atoms with Crippen molar-refractivity contribution < 1.29 is 23.8 Å². The number of alkyl carbamates (subject to hydrolysis) is 1. The van der Waals surface area contributed by atoms with Gasteiger partial charge in [-0.05, 0) is 29.8 Å².